The average molecular weight is 266 g/mol. The van der Waals surface area contributed by atoms with Crippen molar-refractivity contribution in [3.05, 3.63) is 28.6 Å². The number of aromatic hydroxyl groups is 1. The summed E-state index contributed by atoms with van der Waals surface area (Å²) in [5.74, 6) is 0.125. The Labute approximate surface area is 106 Å². The van der Waals surface area contributed by atoms with E-state index in [-0.39, 0.29) is 10.6 Å². The van der Waals surface area contributed by atoms with E-state index >= 15 is 0 Å². The number of nitrogens with two attached hydrogens (primary N) is 1. The summed E-state index contributed by atoms with van der Waals surface area (Å²) in [6.07, 6.45) is 1.54. The molecule has 1 aliphatic rings. The number of hydrogen-bond donors (Lipinski definition) is 2. The minimum absolute atomic E-state index is 0.125. The maximum Gasteiger partial charge on any atom is 0.219 e. The third-order valence-electron chi connectivity index (χ3n) is 2.89. The van der Waals surface area contributed by atoms with Crippen molar-refractivity contribution in [3.63, 3.8) is 0 Å². The molecule has 18 heavy (non-hydrogen) atoms. The van der Waals surface area contributed by atoms with Gasteiger partial charge >= 0.3 is 0 Å². The van der Waals surface area contributed by atoms with Crippen molar-refractivity contribution >= 4 is 26.9 Å². The highest BCUT2D eigenvalue weighted by Crippen LogP contribution is 2.09. The van der Waals surface area contributed by atoms with Crippen molar-refractivity contribution in [2.24, 2.45) is 5.73 Å². The first-order valence-corrected chi connectivity index (χ1v) is 6.43. The van der Waals surface area contributed by atoms with Crippen LogP contribution in [0, 0.1) is 0 Å². The van der Waals surface area contributed by atoms with Gasteiger partial charge in [-0.3, -0.25) is 0 Å². The van der Waals surface area contributed by atoms with E-state index in [4.69, 9.17) is 5.73 Å². The molecule has 0 fully saturated rings. The van der Waals surface area contributed by atoms with E-state index in [0.29, 0.717) is 5.70 Å². The predicted molar refractivity (Wildman–Crippen MR) is 70.8 cm³/mol. The monoisotopic (exact) mass is 266 g/mol. The molecule has 0 bridgehead atoms. The molecule has 96 valence electrons. The number of phenolic OH excluding ortho intramolecular Hbond substituents is 1. The molecule has 2 rings (SSSR count). The molecule has 0 saturated carbocycles. The Morgan fingerprint density at radius 3 is 2.56 bits per heavy atom. The Morgan fingerprint density at radius 1 is 1.33 bits per heavy atom. The van der Waals surface area contributed by atoms with Crippen molar-refractivity contribution in [1.29, 1.82) is 0 Å². The van der Waals surface area contributed by atoms with Gasteiger partial charge in [-0.25, -0.2) is 0 Å². The van der Waals surface area contributed by atoms with Crippen LogP contribution in [-0.2, 0) is 10.3 Å². The summed E-state index contributed by atoms with van der Waals surface area (Å²) in [5, 5.41) is 11.0. The minimum atomic E-state index is -2.36. The number of phenols is 1. The van der Waals surface area contributed by atoms with Crippen LogP contribution in [0.25, 0.3) is 11.8 Å². The van der Waals surface area contributed by atoms with Crippen LogP contribution in [0.5, 0.6) is 5.75 Å². The van der Waals surface area contributed by atoms with Gasteiger partial charge in [-0.2, -0.15) is 8.42 Å². The van der Waals surface area contributed by atoms with Crippen molar-refractivity contribution in [3.8, 4) is 5.75 Å². The summed E-state index contributed by atoms with van der Waals surface area (Å²) in [5.41, 5.74) is 6.64. The van der Waals surface area contributed by atoms with Crippen LogP contribution in [-0.4, -0.2) is 43.4 Å². The zero-order valence-electron chi connectivity index (χ0n) is 10.1. The topological polar surface area (TPSA) is 83.6 Å². The smallest absolute Gasteiger partial charge is 0.219 e. The Kier molecular flexibility index (Phi) is 3.14. The summed E-state index contributed by atoms with van der Waals surface area (Å²) in [7, 11) is 1.23. The molecule has 5 nitrogen and oxygen atoms in total. The van der Waals surface area contributed by atoms with E-state index < -0.39 is 16.3 Å². The lowest BCUT2D eigenvalue weighted by Crippen LogP contribution is -2.48. The first kappa shape index (κ1) is 12.7. The summed E-state index contributed by atoms with van der Waals surface area (Å²) in [6.45, 7) is 0. The number of rotatable bonds is 1. The Balaban J connectivity index is 2.98. The van der Waals surface area contributed by atoms with Crippen LogP contribution >= 0.6 is 0 Å². The van der Waals surface area contributed by atoms with Crippen LogP contribution in [0.3, 0.4) is 0 Å². The number of benzene rings is 1. The zero-order chi connectivity index (χ0) is 13.4. The lowest BCUT2D eigenvalue weighted by molar-refractivity contribution is 0.474. The molecule has 1 atom stereocenters. The number of hydrogen-bond acceptors (Lipinski definition) is 5. The molecule has 0 amide bonds. The van der Waals surface area contributed by atoms with Gasteiger partial charge in [0.25, 0.3) is 0 Å². The molecule has 0 radical (unpaired) electrons. The van der Waals surface area contributed by atoms with Crippen LogP contribution in [0.4, 0.5) is 0 Å². The molecule has 1 aliphatic carbocycles. The van der Waals surface area contributed by atoms with Gasteiger partial charge in [-0.1, -0.05) is 6.07 Å². The molecule has 0 aromatic heterocycles. The fourth-order valence-electron chi connectivity index (χ4n) is 2.11. The van der Waals surface area contributed by atoms with Gasteiger partial charge in [0.1, 0.15) is 5.75 Å². The SMILES string of the molecule is CN(C)C1=c2cc(O)ccc2=CC(=S(=O)=O)C1N. The van der Waals surface area contributed by atoms with Gasteiger partial charge in [0.2, 0.25) is 10.3 Å². The van der Waals surface area contributed by atoms with Crippen molar-refractivity contribution in [2.75, 3.05) is 14.1 Å². The first-order valence-electron chi connectivity index (χ1n) is 5.36. The third kappa shape index (κ3) is 2.00. The molecule has 6 heteroatoms. The number of likely N-dealkylation sites (N-methyl/N-ethyl adjacent to an activating group) is 1. The quantitative estimate of drug-likeness (QED) is 0.588. The van der Waals surface area contributed by atoms with Gasteiger partial charge in [-0.15, -0.1) is 0 Å². The standard InChI is InChI=1S/C12H14N2O3S/c1-14(2)12-9-6-8(15)4-3-7(9)5-10(11(12)13)18(16)17/h3-6,11,15H,13H2,1-2H3. The van der Waals surface area contributed by atoms with Gasteiger partial charge in [0.15, 0.2) is 0 Å². The van der Waals surface area contributed by atoms with E-state index in [9.17, 15) is 13.5 Å². The lowest BCUT2D eigenvalue weighted by Gasteiger charge is -2.25. The van der Waals surface area contributed by atoms with E-state index in [0.717, 1.165) is 10.4 Å². The first-order chi connectivity index (χ1) is 8.41. The largest absolute Gasteiger partial charge is 0.508 e. The summed E-state index contributed by atoms with van der Waals surface area (Å²) in [4.78, 5) is 1.92. The van der Waals surface area contributed by atoms with Gasteiger partial charge < -0.3 is 15.7 Å². The van der Waals surface area contributed by atoms with E-state index in [1.807, 2.05) is 0 Å². The average Bonchev–Trinajstić information content (AvgIpc) is 2.26. The summed E-state index contributed by atoms with van der Waals surface area (Å²) < 4.78 is 22.4. The van der Waals surface area contributed by atoms with Crippen molar-refractivity contribution in [2.45, 2.75) is 6.04 Å². The Bertz CT molecular complexity index is 740. The highest BCUT2D eigenvalue weighted by Gasteiger charge is 2.22. The number of fused-ring (bicyclic) bond motifs is 1. The highest BCUT2D eigenvalue weighted by atomic mass is 32.2. The maximum atomic E-state index is 11.2. The summed E-state index contributed by atoms with van der Waals surface area (Å²) in [6, 6.07) is 4.07. The normalized spacial score (nSPS) is 18.1. The second-order valence-electron chi connectivity index (χ2n) is 4.31. The van der Waals surface area contributed by atoms with Crippen LogP contribution in [0.1, 0.15) is 0 Å². The molecule has 1 unspecified atom stereocenters. The molecule has 0 spiro atoms. The van der Waals surface area contributed by atoms with Gasteiger partial charge in [0.05, 0.1) is 10.9 Å². The van der Waals surface area contributed by atoms with Crippen molar-refractivity contribution < 1.29 is 13.5 Å². The molecular formula is C12H14N2O3S. The van der Waals surface area contributed by atoms with E-state index in [1.165, 1.54) is 12.1 Å². The fraction of sp³-hybridized carbons (Fsp3) is 0.250. The van der Waals surface area contributed by atoms with Gasteiger partial charge in [0, 0.05) is 25.0 Å². The van der Waals surface area contributed by atoms with Gasteiger partial charge in [-0.05, 0) is 23.4 Å². The molecular weight excluding hydrogens is 252 g/mol. The van der Waals surface area contributed by atoms with Crippen LogP contribution in [0.2, 0.25) is 0 Å². The highest BCUT2D eigenvalue weighted by molar-refractivity contribution is 7.74. The molecule has 3 N–H and O–H groups in total. The van der Waals surface area contributed by atoms with E-state index in [1.54, 1.807) is 31.1 Å². The molecule has 1 aromatic carbocycles. The molecule has 0 saturated heterocycles. The van der Waals surface area contributed by atoms with Crippen LogP contribution in [0.15, 0.2) is 18.2 Å². The van der Waals surface area contributed by atoms with E-state index in [2.05, 4.69) is 0 Å². The Hall–Kier alpha value is -1.79. The van der Waals surface area contributed by atoms with Crippen molar-refractivity contribution in [1.82, 2.24) is 4.90 Å². The molecule has 0 heterocycles. The maximum absolute atomic E-state index is 11.2. The third-order valence-corrected chi connectivity index (χ3v) is 3.64. The molecule has 1 aromatic rings. The second-order valence-corrected chi connectivity index (χ2v) is 5.25. The predicted octanol–water partition coefficient (Wildman–Crippen LogP) is -1.77. The van der Waals surface area contributed by atoms with Crippen LogP contribution < -0.4 is 16.2 Å². The second kappa shape index (κ2) is 4.47. The lowest BCUT2D eigenvalue weighted by atomic mass is 9.99. The summed E-state index contributed by atoms with van der Waals surface area (Å²) >= 11 is 0. The Morgan fingerprint density at radius 2 is 2.00 bits per heavy atom. The number of nitrogens with zero attached hydrogens (tertiary/aromatic N) is 1. The molecule has 0 aliphatic heterocycles. The fourth-order valence-corrected chi connectivity index (χ4v) is 2.65. The minimum Gasteiger partial charge on any atom is -0.508 e. The zero-order valence-corrected chi connectivity index (χ0v) is 10.9.